The van der Waals surface area contributed by atoms with Crippen LogP contribution in [0.3, 0.4) is 0 Å². The van der Waals surface area contributed by atoms with E-state index in [4.69, 9.17) is 22.1 Å². The summed E-state index contributed by atoms with van der Waals surface area (Å²) in [5, 5.41) is 5.74. The van der Waals surface area contributed by atoms with E-state index in [0.717, 1.165) is 12.8 Å². The van der Waals surface area contributed by atoms with E-state index in [9.17, 15) is 14.4 Å². The summed E-state index contributed by atoms with van der Waals surface area (Å²) in [7, 11) is 0. The summed E-state index contributed by atoms with van der Waals surface area (Å²) >= 11 is 6.19. The first kappa shape index (κ1) is 20.7. The fraction of sp³-hybridized carbons (Fsp3) is 0.286. The van der Waals surface area contributed by atoms with Crippen molar-refractivity contribution in [1.82, 2.24) is 10.6 Å². The topological polar surface area (TPSA) is 111 Å². The molecule has 0 aromatic heterocycles. The van der Waals surface area contributed by atoms with Crippen LogP contribution in [0.1, 0.15) is 42.5 Å². The Morgan fingerprint density at radius 2 is 1.72 bits per heavy atom. The summed E-state index contributed by atoms with van der Waals surface area (Å²) in [6.45, 7) is 0. The van der Waals surface area contributed by atoms with Gasteiger partial charge >= 0.3 is 12.0 Å². The van der Waals surface area contributed by atoms with Gasteiger partial charge in [0, 0.05) is 16.6 Å². The van der Waals surface area contributed by atoms with Gasteiger partial charge in [-0.05, 0) is 24.5 Å². The Bertz CT molecular complexity index is 887. The average Bonchev–Trinajstić information content (AvgIpc) is 3.50. The van der Waals surface area contributed by atoms with Gasteiger partial charge in [0.1, 0.15) is 0 Å². The molecule has 0 bridgehead atoms. The molecular weight excluding hydrogens is 394 g/mol. The number of nitrogens with one attached hydrogen (secondary N) is 2. The number of ether oxygens (including phenoxy) is 1. The normalized spacial score (nSPS) is 15.1. The van der Waals surface area contributed by atoms with E-state index >= 15 is 0 Å². The Hall–Kier alpha value is -3.06. The van der Waals surface area contributed by atoms with E-state index in [0.29, 0.717) is 16.1 Å². The third-order valence-corrected chi connectivity index (χ3v) is 4.83. The van der Waals surface area contributed by atoms with Crippen molar-refractivity contribution >= 4 is 29.5 Å². The van der Waals surface area contributed by atoms with Gasteiger partial charge in [-0.25, -0.2) is 4.79 Å². The maximum absolute atomic E-state index is 12.7. The molecule has 2 atom stereocenters. The molecule has 1 fully saturated rings. The summed E-state index contributed by atoms with van der Waals surface area (Å²) in [4.78, 5) is 36.7. The fourth-order valence-electron chi connectivity index (χ4n) is 2.92. The van der Waals surface area contributed by atoms with Gasteiger partial charge < -0.3 is 21.1 Å². The van der Waals surface area contributed by atoms with Crippen LogP contribution in [0, 0.1) is 0 Å². The van der Waals surface area contributed by atoms with Crippen LogP contribution in [-0.2, 0) is 14.3 Å². The molecule has 2 aromatic rings. The monoisotopic (exact) mass is 415 g/mol. The Balaban J connectivity index is 1.75. The minimum atomic E-state index is -1.08. The smallest absolute Gasteiger partial charge is 0.312 e. The zero-order valence-corrected chi connectivity index (χ0v) is 16.4. The van der Waals surface area contributed by atoms with Crippen LogP contribution in [0.2, 0.25) is 5.02 Å². The second kappa shape index (κ2) is 9.43. The van der Waals surface area contributed by atoms with Crippen molar-refractivity contribution in [2.75, 3.05) is 0 Å². The summed E-state index contributed by atoms with van der Waals surface area (Å²) in [5.74, 6) is -1.03. The maximum Gasteiger partial charge on any atom is 0.312 e. The Labute approximate surface area is 173 Å². The number of hydrogen-bond acceptors (Lipinski definition) is 4. The summed E-state index contributed by atoms with van der Waals surface area (Å²) in [6, 6.07) is 14.1. The minimum Gasteiger partial charge on any atom is -0.447 e. The summed E-state index contributed by atoms with van der Waals surface area (Å²) in [5.41, 5.74) is 6.35. The lowest BCUT2D eigenvalue weighted by atomic mass is 10.0. The highest BCUT2D eigenvalue weighted by Gasteiger charge is 2.31. The van der Waals surface area contributed by atoms with Crippen molar-refractivity contribution in [3.8, 4) is 0 Å². The molecule has 1 aliphatic rings. The van der Waals surface area contributed by atoms with Crippen molar-refractivity contribution in [3.05, 3.63) is 70.7 Å². The van der Waals surface area contributed by atoms with Gasteiger partial charge in [-0.3, -0.25) is 9.59 Å². The number of carbonyl (C=O) groups is 3. The first-order chi connectivity index (χ1) is 13.9. The van der Waals surface area contributed by atoms with Crippen LogP contribution < -0.4 is 16.4 Å². The number of primary amides is 1. The van der Waals surface area contributed by atoms with Crippen molar-refractivity contribution in [3.63, 3.8) is 0 Å². The number of rotatable bonds is 8. The first-order valence-corrected chi connectivity index (χ1v) is 9.67. The molecule has 0 saturated heterocycles. The lowest BCUT2D eigenvalue weighted by Crippen LogP contribution is -2.36. The van der Waals surface area contributed by atoms with Gasteiger partial charge in [0.15, 0.2) is 0 Å². The zero-order valence-electron chi connectivity index (χ0n) is 15.6. The molecule has 8 heteroatoms. The molecule has 3 amide bonds. The Morgan fingerprint density at radius 1 is 1.07 bits per heavy atom. The lowest BCUT2D eigenvalue weighted by molar-refractivity contribution is -0.157. The molecule has 4 N–H and O–H groups in total. The van der Waals surface area contributed by atoms with Crippen LogP contribution in [0.4, 0.5) is 4.79 Å². The number of nitrogens with two attached hydrogens (primary N) is 1. The zero-order chi connectivity index (χ0) is 20.8. The highest BCUT2D eigenvalue weighted by Crippen LogP contribution is 2.28. The van der Waals surface area contributed by atoms with Crippen LogP contribution >= 0.6 is 11.6 Å². The summed E-state index contributed by atoms with van der Waals surface area (Å²) < 4.78 is 5.51. The largest absolute Gasteiger partial charge is 0.447 e. The van der Waals surface area contributed by atoms with Gasteiger partial charge in [0.25, 0.3) is 5.91 Å². The third kappa shape index (κ3) is 5.96. The second-order valence-electron chi connectivity index (χ2n) is 6.85. The highest BCUT2D eigenvalue weighted by molar-refractivity contribution is 6.31. The molecule has 3 rings (SSSR count). The number of hydrogen-bond donors (Lipinski definition) is 3. The lowest BCUT2D eigenvalue weighted by Gasteiger charge is -2.21. The fourth-order valence-corrected chi connectivity index (χ4v) is 3.19. The predicted octanol–water partition coefficient (Wildman–Crippen LogP) is 3.00. The van der Waals surface area contributed by atoms with E-state index in [1.165, 1.54) is 0 Å². The number of benzene rings is 2. The van der Waals surface area contributed by atoms with E-state index in [2.05, 4.69) is 10.6 Å². The average molecular weight is 416 g/mol. The molecule has 29 heavy (non-hydrogen) atoms. The van der Waals surface area contributed by atoms with Crippen molar-refractivity contribution in [2.45, 2.75) is 37.5 Å². The van der Waals surface area contributed by atoms with Crippen molar-refractivity contribution in [1.29, 1.82) is 0 Å². The standard InChI is InChI=1S/C21H22ClN3O4/c22-16-9-5-4-8-15(16)17(25-21(23)28)12-18(26)29-19(13-6-2-1-3-7-13)20(27)24-14-10-11-14/h1-9,14,17,19H,10-12H2,(H,24,27)(H3,23,25,28)/t17-,19-/m0/s1. The molecule has 152 valence electrons. The highest BCUT2D eigenvalue weighted by atomic mass is 35.5. The second-order valence-corrected chi connectivity index (χ2v) is 7.26. The maximum atomic E-state index is 12.7. The molecule has 2 aromatic carbocycles. The minimum absolute atomic E-state index is 0.125. The van der Waals surface area contributed by atoms with Crippen LogP contribution in [-0.4, -0.2) is 23.9 Å². The van der Waals surface area contributed by atoms with E-state index < -0.39 is 24.1 Å². The van der Waals surface area contributed by atoms with Gasteiger partial charge in [-0.1, -0.05) is 60.1 Å². The molecule has 0 heterocycles. The molecule has 1 saturated carbocycles. The quantitative estimate of drug-likeness (QED) is 0.575. The van der Waals surface area contributed by atoms with Gasteiger partial charge in [0.2, 0.25) is 6.10 Å². The van der Waals surface area contributed by atoms with Gasteiger partial charge in [0.05, 0.1) is 12.5 Å². The molecular formula is C21H22ClN3O4. The number of urea groups is 1. The van der Waals surface area contributed by atoms with E-state index in [-0.39, 0.29) is 18.4 Å². The predicted molar refractivity (Wildman–Crippen MR) is 108 cm³/mol. The molecule has 0 spiro atoms. The van der Waals surface area contributed by atoms with E-state index in [1.54, 1.807) is 48.5 Å². The van der Waals surface area contributed by atoms with Crippen molar-refractivity contribution < 1.29 is 19.1 Å². The first-order valence-electron chi connectivity index (χ1n) is 9.29. The molecule has 0 aliphatic heterocycles. The van der Waals surface area contributed by atoms with Crippen LogP contribution in [0.25, 0.3) is 0 Å². The Kier molecular flexibility index (Phi) is 6.72. The molecule has 1 aliphatic carbocycles. The Morgan fingerprint density at radius 3 is 2.34 bits per heavy atom. The summed E-state index contributed by atoms with van der Waals surface area (Å²) in [6.07, 6.45) is 0.522. The van der Waals surface area contributed by atoms with Crippen LogP contribution in [0.15, 0.2) is 54.6 Å². The number of carbonyl (C=O) groups excluding carboxylic acids is 3. The molecule has 0 unspecified atom stereocenters. The van der Waals surface area contributed by atoms with Crippen LogP contribution in [0.5, 0.6) is 0 Å². The third-order valence-electron chi connectivity index (χ3n) is 4.48. The van der Waals surface area contributed by atoms with Gasteiger partial charge in [-0.2, -0.15) is 0 Å². The molecule has 0 radical (unpaired) electrons. The molecule has 7 nitrogen and oxygen atoms in total. The van der Waals surface area contributed by atoms with Crippen molar-refractivity contribution in [2.24, 2.45) is 5.73 Å². The van der Waals surface area contributed by atoms with Gasteiger partial charge in [-0.15, -0.1) is 0 Å². The number of esters is 1. The van der Waals surface area contributed by atoms with E-state index in [1.807, 2.05) is 6.07 Å². The SMILES string of the molecule is NC(=O)N[C@@H](CC(=O)O[C@H](C(=O)NC1CC1)c1ccccc1)c1ccccc1Cl. The number of amides is 3. The number of halogens is 1.